The molecule has 3 rings (SSSR count). The van der Waals surface area contributed by atoms with Crippen LogP contribution in [0.4, 0.5) is 4.79 Å². The van der Waals surface area contributed by atoms with Gasteiger partial charge in [0.25, 0.3) is 11.1 Å². The number of nitrogens with zero attached hydrogens (tertiary/aromatic N) is 1. The van der Waals surface area contributed by atoms with E-state index in [4.69, 9.17) is 9.47 Å². The summed E-state index contributed by atoms with van der Waals surface area (Å²) in [7, 11) is 2.73. The first kappa shape index (κ1) is 20.5. The second-order valence-electron chi connectivity index (χ2n) is 6.03. The number of hydrogen-bond acceptors (Lipinski definition) is 7. The molecule has 1 aliphatic heterocycles. The average Bonchev–Trinajstić information content (AvgIpc) is 3.00. The molecule has 0 spiro atoms. The fourth-order valence-corrected chi connectivity index (χ4v) is 3.45. The Morgan fingerprint density at radius 2 is 1.83 bits per heavy atom. The highest BCUT2D eigenvalue weighted by atomic mass is 32.2. The predicted octanol–water partition coefficient (Wildman–Crippen LogP) is 3.48. The number of hydrogen-bond donors (Lipinski definition) is 0. The lowest BCUT2D eigenvalue weighted by molar-refractivity contribution is -0.143. The molecular weight excluding hydrogens is 394 g/mol. The van der Waals surface area contributed by atoms with E-state index in [2.05, 4.69) is 4.74 Å². The summed E-state index contributed by atoms with van der Waals surface area (Å²) in [5, 5.41) is -0.513. The highest BCUT2D eigenvalue weighted by molar-refractivity contribution is 8.18. The van der Waals surface area contributed by atoms with E-state index in [9.17, 15) is 14.4 Å². The second kappa shape index (κ2) is 9.29. The van der Waals surface area contributed by atoms with Crippen molar-refractivity contribution in [3.05, 3.63) is 64.6 Å². The lowest BCUT2D eigenvalue weighted by Crippen LogP contribution is -2.34. The van der Waals surface area contributed by atoms with Crippen molar-refractivity contribution in [2.45, 2.75) is 6.61 Å². The fourth-order valence-electron chi connectivity index (χ4n) is 2.61. The molecule has 2 aromatic rings. The Bertz CT molecular complexity index is 957. The van der Waals surface area contributed by atoms with E-state index < -0.39 is 23.7 Å². The largest absolute Gasteiger partial charge is 0.493 e. The molecule has 29 heavy (non-hydrogen) atoms. The van der Waals surface area contributed by atoms with E-state index in [0.29, 0.717) is 23.7 Å². The van der Waals surface area contributed by atoms with Gasteiger partial charge in [-0.3, -0.25) is 19.3 Å². The summed E-state index contributed by atoms with van der Waals surface area (Å²) in [4.78, 5) is 36.9. The summed E-state index contributed by atoms with van der Waals surface area (Å²) in [6.07, 6.45) is 1.58. The van der Waals surface area contributed by atoms with Crippen LogP contribution in [-0.2, 0) is 20.9 Å². The topological polar surface area (TPSA) is 82.1 Å². The van der Waals surface area contributed by atoms with Gasteiger partial charge >= 0.3 is 5.97 Å². The summed E-state index contributed by atoms with van der Waals surface area (Å²) in [6.45, 7) is -0.0168. The van der Waals surface area contributed by atoms with Crippen molar-refractivity contribution in [3.8, 4) is 11.5 Å². The molecule has 0 unspecified atom stereocenters. The smallest absolute Gasteiger partial charge is 0.325 e. The van der Waals surface area contributed by atoms with E-state index in [0.717, 1.165) is 22.2 Å². The van der Waals surface area contributed by atoms with Crippen LogP contribution >= 0.6 is 11.8 Å². The van der Waals surface area contributed by atoms with Crippen molar-refractivity contribution in [3.63, 3.8) is 0 Å². The molecule has 150 valence electrons. The van der Waals surface area contributed by atoms with Gasteiger partial charge in [-0.15, -0.1) is 0 Å². The SMILES string of the molecule is COC(=O)CN1C(=O)S/C(=C\c2ccc(OCc3ccccc3)c(OC)c2)C1=O. The third kappa shape index (κ3) is 4.97. The van der Waals surface area contributed by atoms with Gasteiger partial charge in [0, 0.05) is 0 Å². The van der Waals surface area contributed by atoms with Gasteiger partial charge in [-0.05, 0) is 41.1 Å². The minimum Gasteiger partial charge on any atom is -0.493 e. The zero-order chi connectivity index (χ0) is 20.8. The molecule has 0 saturated carbocycles. The number of benzene rings is 2. The van der Waals surface area contributed by atoms with Gasteiger partial charge in [-0.2, -0.15) is 0 Å². The van der Waals surface area contributed by atoms with Crippen LogP contribution in [0.2, 0.25) is 0 Å². The number of rotatable bonds is 7. The van der Waals surface area contributed by atoms with Gasteiger partial charge in [-0.1, -0.05) is 36.4 Å². The van der Waals surface area contributed by atoms with Crippen molar-refractivity contribution in [1.29, 1.82) is 0 Å². The molecular formula is C21H19NO6S. The van der Waals surface area contributed by atoms with E-state index in [1.54, 1.807) is 24.3 Å². The maximum Gasteiger partial charge on any atom is 0.325 e. The lowest BCUT2D eigenvalue weighted by Gasteiger charge is -2.12. The van der Waals surface area contributed by atoms with Gasteiger partial charge in [0.2, 0.25) is 0 Å². The Hall–Kier alpha value is -3.26. The highest BCUT2D eigenvalue weighted by Crippen LogP contribution is 2.34. The zero-order valence-corrected chi connectivity index (χ0v) is 16.7. The van der Waals surface area contributed by atoms with Crippen LogP contribution in [0.1, 0.15) is 11.1 Å². The maximum atomic E-state index is 12.4. The molecule has 2 amide bonds. The first-order valence-corrected chi connectivity index (χ1v) is 9.50. The first-order chi connectivity index (χ1) is 14.0. The summed E-state index contributed by atoms with van der Waals surface area (Å²) in [5.74, 6) is -0.125. The number of imide groups is 1. The minimum absolute atomic E-state index is 0.221. The van der Waals surface area contributed by atoms with Gasteiger partial charge in [0.1, 0.15) is 13.2 Å². The van der Waals surface area contributed by atoms with E-state index in [-0.39, 0.29) is 4.91 Å². The minimum atomic E-state index is -0.657. The molecule has 2 aromatic carbocycles. The Balaban J connectivity index is 1.75. The molecule has 0 radical (unpaired) electrons. The van der Waals surface area contributed by atoms with Gasteiger partial charge < -0.3 is 14.2 Å². The average molecular weight is 413 g/mol. The Morgan fingerprint density at radius 1 is 1.07 bits per heavy atom. The summed E-state index contributed by atoms with van der Waals surface area (Å²) in [5.41, 5.74) is 1.69. The standard InChI is InChI=1S/C21H19NO6S/c1-26-17-10-15(8-9-16(17)28-13-14-6-4-3-5-7-14)11-18-20(24)22(21(25)29-18)12-19(23)27-2/h3-11H,12-13H2,1-2H3/b18-11-. The van der Waals surface area contributed by atoms with Crippen LogP contribution in [0.25, 0.3) is 6.08 Å². The number of carbonyl (C=O) groups is 3. The van der Waals surface area contributed by atoms with Crippen molar-refractivity contribution >= 4 is 35.0 Å². The van der Waals surface area contributed by atoms with Crippen LogP contribution < -0.4 is 9.47 Å². The van der Waals surface area contributed by atoms with Crippen LogP contribution in [0.5, 0.6) is 11.5 Å². The van der Waals surface area contributed by atoms with E-state index in [1.807, 2.05) is 30.3 Å². The molecule has 0 N–H and O–H groups in total. The summed E-state index contributed by atoms with van der Waals surface area (Å²) < 4.78 is 15.7. The number of esters is 1. The van der Waals surface area contributed by atoms with Crippen molar-refractivity contribution in [1.82, 2.24) is 4.90 Å². The molecule has 0 aliphatic carbocycles. The quantitative estimate of drug-likeness (QED) is 0.508. The van der Waals surface area contributed by atoms with Crippen molar-refractivity contribution < 1.29 is 28.6 Å². The molecule has 0 aromatic heterocycles. The molecule has 1 fully saturated rings. The van der Waals surface area contributed by atoms with Gasteiger partial charge in [0.05, 0.1) is 19.1 Å². The maximum absolute atomic E-state index is 12.4. The molecule has 1 aliphatic rings. The third-order valence-corrected chi connectivity index (χ3v) is 5.02. The fraction of sp³-hybridized carbons (Fsp3) is 0.190. The Kier molecular flexibility index (Phi) is 6.56. The lowest BCUT2D eigenvalue weighted by atomic mass is 10.1. The molecule has 1 heterocycles. The molecule has 8 heteroatoms. The first-order valence-electron chi connectivity index (χ1n) is 8.68. The molecule has 0 atom stereocenters. The number of ether oxygens (including phenoxy) is 3. The van der Waals surface area contributed by atoms with Gasteiger partial charge in [-0.25, -0.2) is 0 Å². The molecule has 1 saturated heterocycles. The van der Waals surface area contributed by atoms with Crippen molar-refractivity contribution in [2.24, 2.45) is 0 Å². The Morgan fingerprint density at radius 3 is 2.52 bits per heavy atom. The number of thioether (sulfide) groups is 1. The summed E-state index contributed by atoms with van der Waals surface area (Å²) >= 11 is 0.773. The Labute approximate surface area is 172 Å². The number of methoxy groups -OCH3 is 2. The number of carbonyl (C=O) groups excluding carboxylic acids is 3. The van der Waals surface area contributed by atoms with Crippen molar-refractivity contribution in [2.75, 3.05) is 20.8 Å². The van der Waals surface area contributed by atoms with E-state index >= 15 is 0 Å². The van der Waals surface area contributed by atoms with Gasteiger partial charge in [0.15, 0.2) is 11.5 Å². The van der Waals surface area contributed by atoms with Crippen LogP contribution in [-0.4, -0.2) is 42.8 Å². The third-order valence-electron chi connectivity index (χ3n) is 4.11. The number of amides is 2. The van der Waals surface area contributed by atoms with Crippen LogP contribution in [0.15, 0.2) is 53.4 Å². The molecule has 0 bridgehead atoms. The normalized spacial score (nSPS) is 15.0. The second-order valence-corrected chi connectivity index (χ2v) is 7.02. The monoisotopic (exact) mass is 413 g/mol. The molecule has 7 nitrogen and oxygen atoms in total. The highest BCUT2D eigenvalue weighted by Gasteiger charge is 2.36. The predicted molar refractivity (Wildman–Crippen MR) is 108 cm³/mol. The zero-order valence-electron chi connectivity index (χ0n) is 15.9. The summed E-state index contributed by atoms with van der Waals surface area (Å²) in [6, 6.07) is 15.0. The van der Waals surface area contributed by atoms with E-state index in [1.165, 1.54) is 14.2 Å². The van der Waals surface area contributed by atoms with Crippen LogP contribution in [0, 0.1) is 0 Å². The van der Waals surface area contributed by atoms with Crippen LogP contribution in [0.3, 0.4) is 0 Å².